The summed E-state index contributed by atoms with van der Waals surface area (Å²) in [5.41, 5.74) is 2.22. The van der Waals surface area contributed by atoms with Crippen LogP contribution in [0.4, 0.5) is 0 Å². The van der Waals surface area contributed by atoms with Gasteiger partial charge in [-0.3, -0.25) is 9.59 Å². The Hall–Kier alpha value is -1.42. The summed E-state index contributed by atoms with van der Waals surface area (Å²) in [7, 11) is 0. The highest BCUT2D eigenvalue weighted by atomic mass is 16.5. The maximum Gasteiger partial charge on any atom is 0.221 e. The summed E-state index contributed by atoms with van der Waals surface area (Å²) in [6, 6.07) is 0. The quantitative estimate of drug-likeness (QED) is 0.795. The summed E-state index contributed by atoms with van der Waals surface area (Å²) in [6.45, 7) is 2.14. The molecule has 0 aromatic rings. The Labute approximate surface area is 125 Å². The lowest BCUT2D eigenvalue weighted by Crippen LogP contribution is -2.24. The number of allylic oxidation sites excluding steroid dienone is 2. The molecule has 3 rings (SSSR count). The first-order valence-electron chi connectivity index (χ1n) is 8.05. The van der Waals surface area contributed by atoms with Crippen molar-refractivity contribution in [2.75, 3.05) is 6.61 Å². The lowest BCUT2D eigenvalue weighted by molar-refractivity contribution is -0.120. The highest BCUT2D eigenvalue weighted by Gasteiger charge is 2.40. The van der Waals surface area contributed by atoms with Gasteiger partial charge in [0.15, 0.2) is 0 Å². The number of carbonyl (C=O) groups excluding carboxylic acids is 2. The second kappa shape index (κ2) is 6.14. The topological polar surface area (TPSA) is 55.4 Å². The van der Waals surface area contributed by atoms with Crippen LogP contribution < -0.4 is 5.32 Å². The Kier molecular flexibility index (Phi) is 4.24. The molecular weight excluding hydrogens is 266 g/mol. The Morgan fingerprint density at radius 1 is 1.24 bits per heavy atom. The van der Waals surface area contributed by atoms with Crippen molar-refractivity contribution in [3.63, 3.8) is 0 Å². The fourth-order valence-electron chi connectivity index (χ4n) is 3.67. The van der Waals surface area contributed by atoms with Crippen molar-refractivity contribution >= 4 is 11.7 Å². The molecule has 0 aromatic carbocycles. The number of hydrogen-bond acceptors (Lipinski definition) is 3. The van der Waals surface area contributed by atoms with Gasteiger partial charge >= 0.3 is 0 Å². The molecule has 4 heteroatoms. The Bertz CT molecular complexity index is 512. The van der Waals surface area contributed by atoms with E-state index in [1.54, 1.807) is 0 Å². The maximum absolute atomic E-state index is 12.7. The summed E-state index contributed by atoms with van der Waals surface area (Å²) < 4.78 is 5.84. The van der Waals surface area contributed by atoms with Gasteiger partial charge in [0.2, 0.25) is 11.7 Å². The van der Waals surface area contributed by atoms with E-state index in [1.807, 2.05) is 0 Å². The minimum Gasteiger partial charge on any atom is -0.369 e. The summed E-state index contributed by atoms with van der Waals surface area (Å²) in [5, 5.41) is 2.73. The molecule has 2 aliphatic carbocycles. The number of Topliss-reactive ketones (excluding diaryl/α,β-unsaturated/α-hetero) is 1. The van der Waals surface area contributed by atoms with Crippen molar-refractivity contribution in [1.29, 1.82) is 0 Å². The molecule has 3 aliphatic rings. The van der Waals surface area contributed by atoms with Crippen LogP contribution in [0.15, 0.2) is 22.9 Å². The highest BCUT2D eigenvalue weighted by Crippen LogP contribution is 2.37. The fraction of sp³-hybridized carbons (Fsp3) is 0.647. The molecule has 21 heavy (non-hydrogen) atoms. The zero-order valence-electron chi connectivity index (χ0n) is 12.6. The average Bonchev–Trinajstić information content (AvgIpc) is 2.74. The molecule has 4 nitrogen and oxygen atoms in total. The Morgan fingerprint density at radius 2 is 2.00 bits per heavy atom. The van der Waals surface area contributed by atoms with Crippen molar-refractivity contribution in [3.05, 3.63) is 22.9 Å². The van der Waals surface area contributed by atoms with E-state index in [4.69, 9.17) is 4.74 Å². The molecule has 1 aliphatic heterocycles. The van der Waals surface area contributed by atoms with Gasteiger partial charge < -0.3 is 10.1 Å². The number of nitrogens with one attached hydrogen (secondary N) is 1. The molecule has 1 heterocycles. The first-order valence-corrected chi connectivity index (χ1v) is 8.05. The molecule has 0 aromatic heterocycles. The Morgan fingerprint density at radius 3 is 2.71 bits per heavy atom. The first kappa shape index (κ1) is 14.5. The van der Waals surface area contributed by atoms with Crippen LogP contribution in [-0.4, -0.2) is 24.4 Å². The third kappa shape index (κ3) is 2.95. The van der Waals surface area contributed by atoms with Crippen molar-refractivity contribution in [2.45, 2.75) is 58.0 Å². The van der Waals surface area contributed by atoms with Gasteiger partial charge in [-0.1, -0.05) is 25.3 Å². The van der Waals surface area contributed by atoms with E-state index < -0.39 is 0 Å². The number of hydrogen-bond donors (Lipinski definition) is 1. The van der Waals surface area contributed by atoms with Crippen LogP contribution in [0.2, 0.25) is 0 Å². The van der Waals surface area contributed by atoms with Crippen LogP contribution in [0, 0.1) is 5.92 Å². The zero-order valence-corrected chi connectivity index (χ0v) is 12.6. The van der Waals surface area contributed by atoms with Crippen molar-refractivity contribution < 1.29 is 14.3 Å². The van der Waals surface area contributed by atoms with Gasteiger partial charge in [0.25, 0.3) is 0 Å². The van der Waals surface area contributed by atoms with Crippen molar-refractivity contribution in [1.82, 2.24) is 5.32 Å². The average molecular weight is 289 g/mol. The second-order valence-electron chi connectivity index (χ2n) is 6.29. The lowest BCUT2D eigenvalue weighted by atomic mass is 9.86. The largest absolute Gasteiger partial charge is 0.369 e. The standard InChI is InChI=1S/C17H23NO3/c1-11(19)18-15-13-8-5-9-21-17(13)14(16(15)20)10-12-6-3-2-4-7-12/h10,12,17H,2-9H2,1H3,(H,18,19)/b14-10-. The first-order chi connectivity index (χ1) is 10.2. The van der Waals surface area contributed by atoms with Gasteiger partial charge in [-0.05, 0) is 37.2 Å². The van der Waals surface area contributed by atoms with Crippen LogP contribution in [0.3, 0.4) is 0 Å². The number of ether oxygens (including phenoxy) is 1. The number of ketones is 1. The highest BCUT2D eigenvalue weighted by molar-refractivity contribution is 6.14. The second-order valence-corrected chi connectivity index (χ2v) is 6.29. The summed E-state index contributed by atoms with van der Waals surface area (Å²) in [6.07, 6.45) is 9.78. The number of carbonyl (C=O) groups is 2. The van der Waals surface area contributed by atoms with E-state index in [-0.39, 0.29) is 17.8 Å². The van der Waals surface area contributed by atoms with Crippen molar-refractivity contribution in [2.24, 2.45) is 5.92 Å². The minimum absolute atomic E-state index is 0.0299. The molecule has 1 amide bonds. The molecule has 1 unspecified atom stereocenters. The SMILES string of the molecule is CC(=O)NC1=C2CCCOC2/C(=C\C2CCCCC2)C1=O. The summed E-state index contributed by atoms with van der Waals surface area (Å²) in [4.78, 5) is 24.0. The third-order valence-electron chi connectivity index (χ3n) is 4.65. The van der Waals surface area contributed by atoms with Gasteiger partial charge in [0, 0.05) is 19.1 Å². The van der Waals surface area contributed by atoms with Gasteiger partial charge in [-0.2, -0.15) is 0 Å². The molecule has 2 fully saturated rings. The normalized spacial score (nSPS) is 28.9. The predicted molar refractivity (Wildman–Crippen MR) is 79.5 cm³/mol. The smallest absolute Gasteiger partial charge is 0.221 e. The predicted octanol–water partition coefficient (Wildman–Crippen LogP) is 2.65. The molecule has 114 valence electrons. The lowest BCUT2D eigenvalue weighted by Gasteiger charge is -2.24. The van der Waals surface area contributed by atoms with E-state index >= 15 is 0 Å². The van der Waals surface area contributed by atoms with Crippen LogP contribution in [0.1, 0.15) is 51.9 Å². The molecule has 1 N–H and O–H groups in total. The minimum atomic E-state index is -0.213. The van der Waals surface area contributed by atoms with E-state index in [9.17, 15) is 9.59 Å². The third-order valence-corrected chi connectivity index (χ3v) is 4.65. The fourth-order valence-corrected chi connectivity index (χ4v) is 3.67. The number of rotatable bonds is 2. The van der Waals surface area contributed by atoms with Crippen LogP contribution in [0.25, 0.3) is 0 Å². The van der Waals surface area contributed by atoms with E-state index in [2.05, 4.69) is 11.4 Å². The number of amides is 1. The molecule has 0 radical (unpaired) electrons. The van der Waals surface area contributed by atoms with Crippen LogP contribution >= 0.6 is 0 Å². The summed E-state index contributed by atoms with van der Waals surface area (Å²) in [5.74, 6) is 0.271. The summed E-state index contributed by atoms with van der Waals surface area (Å²) >= 11 is 0. The maximum atomic E-state index is 12.7. The van der Waals surface area contributed by atoms with Gasteiger partial charge in [0.1, 0.15) is 6.10 Å². The van der Waals surface area contributed by atoms with Gasteiger partial charge in [0.05, 0.1) is 5.70 Å². The molecule has 0 bridgehead atoms. The van der Waals surface area contributed by atoms with E-state index in [0.29, 0.717) is 18.2 Å². The van der Waals surface area contributed by atoms with E-state index in [0.717, 1.165) is 36.8 Å². The van der Waals surface area contributed by atoms with Crippen LogP contribution in [-0.2, 0) is 14.3 Å². The molecule has 1 saturated carbocycles. The molecule has 1 saturated heterocycles. The zero-order chi connectivity index (χ0) is 14.8. The molecule has 0 spiro atoms. The monoisotopic (exact) mass is 289 g/mol. The van der Waals surface area contributed by atoms with E-state index in [1.165, 1.54) is 26.2 Å². The van der Waals surface area contributed by atoms with Crippen molar-refractivity contribution in [3.8, 4) is 0 Å². The molecular formula is C17H23NO3. The number of fused-ring (bicyclic) bond motifs is 1. The molecule has 1 atom stereocenters. The van der Waals surface area contributed by atoms with Gasteiger partial charge in [-0.15, -0.1) is 0 Å². The Balaban J connectivity index is 1.87. The van der Waals surface area contributed by atoms with Gasteiger partial charge in [-0.25, -0.2) is 0 Å². The van der Waals surface area contributed by atoms with Crippen LogP contribution in [0.5, 0.6) is 0 Å².